The van der Waals surface area contributed by atoms with Crippen molar-refractivity contribution in [1.29, 1.82) is 0 Å². The van der Waals surface area contributed by atoms with Gasteiger partial charge in [-0.05, 0) is 32.1 Å². The number of aliphatic imine (C=N–C) groups is 1. The molecular formula is C8H14N2. The molecule has 2 aliphatic carbocycles. The number of hydrogen-bond acceptors (Lipinski definition) is 1. The molecule has 2 nitrogen and oxygen atoms in total. The molecule has 0 atom stereocenters. The van der Waals surface area contributed by atoms with E-state index in [-0.39, 0.29) is 0 Å². The molecule has 2 N–H and O–H groups in total. The summed E-state index contributed by atoms with van der Waals surface area (Å²) in [7, 11) is 0. The number of rotatable bonds is 2. The lowest BCUT2D eigenvalue weighted by Gasteiger charge is -2.21. The van der Waals surface area contributed by atoms with E-state index in [1.807, 2.05) is 0 Å². The van der Waals surface area contributed by atoms with Gasteiger partial charge in [0.1, 0.15) is 0 Å². The van der Waals surface area contributed by atoms with Crippen molar-refractivity contribution in [2.24, 2.45) is 16.6 Å². The fraction of sp³-hybridized carbons (Fsp3) is 0.875. The lowest BCUT2D eigenvalue weighted by Crippen LogP contribution is -2.22. The van der Waals surface area contributed by atoms with Crippen molar-refractivity contribution in [3.63, 3.8) is 0 Å². The Morgan fingerprint density at radius 2 is 1.90 bits per heavy atom. The number of nitrogens with zero attached hydrogens (tertiary/aromatic N) is 1. The van der Waals surface area contributed by atoms with E-state index in [0.717, 1.165) is 5.84 Å². The molecule has 10 heavy (non-hydrogen) atoms. The Kier molecular flexibility index (Phi) is 1.40. The van der Waals surface area contributed by atoms with Gasteiger partial charge in [0.2, 0.25) is 0 Å². The van der Waals surface area contributed by atoms with Gasteiger partial charge in [0.25, 0.3) is 0 Å². The molecule has 0 amide bonds. The fourth-order valence-corrected chi connectivity index (χ4v) is 1.21. The number of amidine groups is 1. The van der Waals surface area contributed by atoms with Gasteiger partial charge in [-0.1, -0.05) is 0 Å². The fourth-order valence-electron chi connectivity index (χ4n) is 1.21. The molecule has 0 heterocycles. The van der Waals surface area contributed by atoms with Crippen molar-refractivity contribution in [2.45, 2.75) is 38.1 Å². The van der Waals surface area contributed by atoms with E-state index in [9.17, 15) is 0 Å². The van der Waals surface area contributed by atoms with Gasteiger partial charge >= 0.3 is 0 Å². The van der Waals surface area contributed by atoms with E-state index in [0.29, 0.717) is 12.0 Å². The summed E-state index contributed by atoms with van der Waals surface area (Å²) in [6, 6.07) is 0.598. The SMILES string of the molecule is NC(=NC1CCC1)C1CC1. The maximum Gasteiger partial charge on any atom is 0.0971 e. The van der Waals surface area contributed by atoms with Gasteiger partial charge in [0.15, 0.2) is 0 Å². The zero-order valence-electron chi connectivity index (χ0n) is 6.21. The highest BCUT2D eigenvalue weighted by atomic mass is 14.9. The number of nitrogens with two attached hydrogens (primary N) is 1. The van der Waals surface area contributed by atoms with Crippen LogP contribution in [0.1, 0.15) is 32.1 Å². The maximum atomic E-state index is 5.74. The third-order valence-corrected chi connectivity index (χ3v) is 2.40. The summed E-state index contributed by atoms with van der Waals surface area (Å²) in [5, 5.41) is 0. The molecule has 2 fully saturated rings. The summed E-state index contributed by atoms with van der Waals surface area (Å²) in [6.07, 6.45) is 6.46. The zero-order chi connectivity index (χ0) is 6.97. The summed E-state index contributed by atoms with van der Waals surface area (Å²) < 4.78 is 0. The van der Waals surface area contributed by atoms with E-state index >= 15 is 0 Å². The van der Waals surface area contributed by atoms with Crippen LogP contribution in [0.4, 0.5) is 0 Å². The first-order valence-electron chi connectivity index (χ1n) is 4.19. The minimum Gasteiger partial charge on any atom is -0.387 e. The Morgan fingerprint density at radius 3 is 2.30 bits per heavy atom. The third kappa shape index (κ3) is 1.15. The van der Waals surface area contributed by atoms with Crippen LogP contribution in [0.2, 0.25) is 0 Å². The standard InChI is InChI=1S/C8H14N2/c9-8(6-4-5-6)10-7-2-1-3-7/h6-7H,1-5H2,(H2,9,10). The van der Waals surface area contributed by atoms with E-state index in [1.165, 1.54) is 32.1 Å². The van der Waals surface area contributed by atoms with Crippen molar-refractivity contribution >= 4 is 5.84 Å². The molecule has 0 unspecified atom stereocenters. The lowest BCUT2D eigenvalue weighted by atomic mass is 9.94. The van der Waals surface area contributed by atoms with Crippen molar-refractivity contribution in [2.75, 3.05) is 0 Å². The summed E-state index contributed by atoms with van der Waals surface area (Å²) in [6.45, 7) is 0. The van der Waals surface area contributed by atoms with Gasteiger partial charge in [0, 0.05) is 5.92 Å². The second kappa shape index (κ2) is 2.26. The Balaban J connectivity index is 1.87. The maximum absolute atomic E-state index is 5.74. The average Bonchev–Trinajstić information content (AvgIpc) is 2.58. The second-order valence-electron chi connectivity index (χ2n) is 3.41. The third-order valence-electron chi connectivity index (χ3n) is 2.40. The van der Waals surface area contributed by atoms with Crippen LogP contribution < -0.4 is 5.73 Å². The highest BCUT2D eigenvalue weighted by molar-refractivity contribution is 5.85. The first-order valence-corrected chi connectivity index (χ1v) is 4.19. The first-order chi connectivity index (χ1) is 4.86. The molecule has 56 valence electrons. The Labute approximate surface area is 61.5 Å². The minimum atomic E-state index is 0.598. The van der Waals surface area contributed by atoms with Gasteiger partial charge in [-0.2, -0.15) is 0 Å². The van der Waals surface area contributed by atoms with Crippen LogP contribution in [0.25, 0.3) is 0 Å². The summed E-state index contributed by atoms with van der Waals surface area (Å²) in [5.74, 6) is 1.60. The molecule has 0 aliphatic heterocycles. The normalized spacial score (nSPS) is 28.2. The minimum absolute atomic E-state index is 0.598. The van der Waals surface area contributed by atoms with Gasteiger partial charge in [-0.3, -0.25) is 4.99 Å². The smallest absolute Gasteiger partial charge is 0.0971 e. The molecule has 2 rings (SSSR count). The molecule has 0 aromatic heterocycles. The predicted octanol–water partition coefficient (Wildman–Crippen LogP) is 1.31. The molecule has 0 radical (unpaired) electrons. The van der Waals surface area contributed by atoms with Crippen LogP contribution in [-0.2, 0) is 0 Å². The topological polar surface area (TPSA) is 38.4 Å². The number of hydrogen-bond donors (Lipinski definition) is 1. The van der Waals surface area contributed by atoms with Crippen LogP contribution in [-0.4, -0.2) is 11.9 Å². The van der Waals surface area contributed by atoms with Crippen molar-refractivity contribution < 1.29 is 0 Å². The summed E-state index contributed by atoms with van der Waals surface area (Å²) in [4.78, 5) is 4.44. The van der Waals surface area contributed by atoms with Gasteiger partial charge < -0.3 is 5.73 Å². The average molecular weight is 138 g/mol. The van der Waals surface area contributed by atoms with Gasteiger partial charge in [0.05, 0.1) is 11.9 Å². The lowest BCUT2D eigenvalue weighted by molar-refractivity contribution is 0.419. The molecule has 2 saturated carbocycles. The highest BCUT2D eigenvalue weighted by Crippen LogP contribution is 2.30. The van der Waals surface area contributed by atoms with Crippen molar-refractivity contribution in [3.8, 4) is 0 Å². The first kappa shape index (κ1) is 6.20. The van der Waals surface area contributed by atoms with Gasteiger partial charge in [-0.15, -0.1) is 0 Å². The van der Waals surface area contributed by atoms with Crippen LogP contribution in [0, 0.1) is 5.92 Å². The monoisotopic (exact) mass is 138 g/mol. The van der Waals surface area contributed by atoms with E-state index in [4.69, 9.17) is 5.73 Å². The molecule has 0 aromatic rings. The van der Waals surface area contributed by atoms with Gasteiger partial charge in [-0.25, -0.2) is 0 Å². The van der Waals surface area contributed by atoms with E-state index in [1.54, 1.807) is 0 Å². The highest BCUT2D eigenvalue weighted by Gasteiger charge is 2.27. The summed E-state index contributed by atoms with van der Waals surface area (Å²) in [5.41, 5.74) is 5.74. The van der Waals surface area contributed by atoms with Crippen molar-refractivity contribution in [3.05, 3.63) is 0 Å². The molecule has 0 spiro atoms. The van der Waals surface area contributed by atoms with E-state index < -0.39 is 0 Å². The van der Waals surface area contributed by atoms with Crippen LogP contribution in [0.3, 0.4) is 0 Å². The summed E-state index contributed by atoms with van der Waals surface area (Å²) >= 11 is 0. The van der Waals surface area contributed by atoms with Crippen molar-refractivity contribution in [1.82, 2.24) is 0 Å². The molecule has 0 bridgehead atoms. The Bertz CT molecular complexity index is 155. The Morgan fingerprint density at radius 1 is 1.20 bits per heavy atom. The second-order valence-corrected chi connectivity index (χ2v) is 3.41. The Hall–Kier alpha value is -0.530. The molecule has 0 saturated heterocycles. The van der Waals surface area contributed by atoms with Crippen LogP contribution in [0.15, 0.2) is 4.99 Å². The molecule has 0 aromatic carbocycles. The molecule has 2 aliphatic rings. The van der Waals surface area contributed by atoms with Crippen LogP contribution in [0.5, 0.6) is 0 Å². The quantitative estimate of drug-likeness (QED) is 0.453. The largest absolute Gasteiger partial charge is 0.387 e. The molecular weight excluding hydrogens is 124 g/mol. The predicted molar refractivity (Wildman–Crippen MR) is 42.0 cm³/mol. The van der Waals surface area contributed by atoms with E-state index in [2.05, 4.69) is 4.99 Å². The molecule has 2 heteroatoms. The zero-order valence-corrected chi connectivity index (χ0v) is 6.21. The van der Waals surface area contributed by atoms with Crippen LogP contribution >= 0.6 is 0 Å².